The first-order valence-corrected chi connectivity index (χ1v) is 15.8. The largest absolute Gasteiger partial charge is 0.465 e. The molecule has 44 heavy (non-hydrogen) atoms. The first kappa shape index (κ1) is 33.9. The van der Waals surface area contributed by atoms with E-state index < -0.39 is 70.5 Å². The van der Waals surface area contributed by atoms with Crippen LogP contribution in [0.3, 0.4) is 0 Å². The zero-order chi connectivity index (χ0) is 32.6. The van der Waals surface area contributed by atoms with Crippen molar-refractivity contribution in [1.29, 1.82) is 0 Å². The van der Waals surface area contributed by atoms with Gasteiger partial charge >= 0.3 is 29.8 Å². The lowest BCUT2D eigenvalue weighted by atomic mass is 9.42. The molecule has 1 spiro atoms. The quantitative estimate of drug-likeness (QED) is 0.187. The van der Waals surface area contributed by atoms with E-state index in [1.54, 1.807) is 13.8 Å². The summed E-state index contributed by atoms with van der Waals surface area (Å²) in [6.45, 7) is 14.3. The van der Waals surface area contributed by atoms with E-state index in [9.17, 15) is 24.0 Å². The second kappa shape index (κ2) is 12.8. The second-order valence-corrected chi connectivity index (χ2v) is 13.8. The van der Waals surface area contributed by atoms with Crippen molar-refractivity contribution in [2.24, 2.45) is 34.5 Å². The molecular weight excluding hydrogens is 572 g/mol. The molecule has 11 heteroatoms. The monoisotopic (exact) mass is 620 g/mol. The minimum atomic E-state index is -1.06. The van der Waals surface area contributed by atoms with E-state index in [1.165, 1.54) is 19.9 Å². The Morgan fingerprint density at radius 1 is 1.07 bits per heavy atom. The van der Waals surface area contributed by atoms with E-state index in [0.717, 1.165) is 0 Å². The molecule has 0 amide bonds. The third-order valence-electron chi connectivity index (χ3n) is 10.6. The molecular formula is C33H48O11. The number of ether oxygens (including phenoxy) is 6. The molecule has 0 bridgehead atoms. The number of rotatable bonds is 11. The summed E-state index contributed by atoms with van der Waals surface area (Å²) in [5.41, 5.74) is -2.03. The van der Waals surface area contributed by atoms with Gasteiger partial charge in [-0.2, -0.15) is 0 Å². The highest BCUT2D eigenvalue weighted by molar-refractivity contribution is 5.85. The lowest BCUT2D eigenvalue weighted by Gasteiger charge is -2.64. The van der Waals surface area contributed by atoms with Crippen molar-refractivity contribution in [2.45, 2.75) is 111 Å². The fourth-order valence-corrected chi connectivity index (χ4v) is 7.78. The van der Waals surface area contributed by atoms with E-state index >= 15 is 0 Å². The zero-order valence-corrected chi connectivity index (χ0v) is 27.3. The Morgan fingerprint density at radius 3 is 2.27 bits per heavy atom. The standard InChI is InChI=1S/C33H48O11/c1-9-19(4)30(38)43-24-10-11-32(16-41-32)33(17-40-21(6)34)26(42-22(7)35)12-20(5)31(8,28(24)33)14-25(44-29(37)18(2)3)23-13-27(36)39-15-23/h13,18-20,24-26,28H,9-12,14-17H2,1-8H3. The number of fused-ring (bicyclic) bond motifs is 2. The van der Waals surface area contributed by atoms with Crippen molar-refractivity contribution < 1.29 is 52.4 Å². The maximum atomic E-state index is 13.3. The Kier molecular flexibility index (Phi) is 9.88. The average molecular weight is 621 g/mol. The van der Waals surface area contributed by atoms with Crippen LogP contribution in [0.4, 0.5) is 0 Å². The van der Waals surface area contributed by atoms with E-state index in [4.69, 9.17) is 28.4 Å². The molecule has 9 atom stereocenters. The molecule has 246 valence electrons. The van der Waals surface area contributed by atoms with E-state index in [-0.39, 0.29) is 37.4 Å². The van der Waals surface area contributed by atoms with Crippen LogP contribution >= 0.6 is 0 Å². The predicted molar refractivity (Wildman–Crippen MR) is 156 cm³/mol. The number of epoxide rings is 1. The highest BCUT2D eigenvalue weighted by Gasteiger charge is 2.77. The minimum absolute atomic E-state index is 0.00184. The van der Waals surface area contributed by atoms with Gasteiger partial charge in [-0.25, -0.2) is 4.79 Å². The Balaban J connectivity index is 1.89. The topological polar surface area (TPSA) is 144 Å². The number of esters is 5. The van der Waals surface area contributed by atoms with Gasteiger partial charge in [0.1, 0.15) is 37.1 Å². The predicted octanol–water partition coefficient (Wildman–Crippen LogP) is 4.09. The van der Waals surface area contributed by atoms with Gasteiger partial charge in [-0.1, -0.05) is 41.5 Å². The van der Waals surface area contributed by atoms with Crippen LogP contribution in [-0.4, -0.2) is 73.6 Å². The number of carbonyl (C=O) groups excluding carboxylic acids is 5. The third kappa shape index (κ3) is 6.26. The van der Waals surface area contributed by atoms with Crippen molar-refractivity contribution in [2.75, 3.05) is 19.8 Å². The summed E-state index contributed by atoms with van der Waals surface area (Å²) in [6.07, 6.45) is 1.51. The van der Waals surface area contributed by atoms with Gasteiger partial charge in [0, 0.05) is 31.4 Å². The Bertz CT molecular complexity index is 1190. The van der Waals surface area contributed by atoms with Crippen LogP contribution in [-0.2, 0) is 52.4 Å². The molecule has 9 unspecified atom stereocenters. The van der Waals surface area contributed by atoms with Crippen molar-refractivity contribution in [3.8, 4) is 0 Å². The van der Waals surface area contributed by atoms with Crippen LogP contribution in [0.5, 0.6) is 0 Å². The molecule has 0 aromatic heterocycles. The fraction of sp³-hybridized carbons (Fsp3) is 0.788. The van der Waals surface area contributed by atoms with Crippen molar-refractivity contribution in [1.82, 2.24) is 0 Å². The van der Waals surface area contributed by atoms with Gasteiger partial charge in [0.2, 0.25) is 0 Å². The van der Waals surface area contributed by atoms with Crippen LogP contribution in [0.2, 0.25) is 0 Å². The SMILES string of the molecule is CCC(C)C(=O)OC1CCC2(CO2)C2(COC(C)=O)C(OC(C)=O)CC(C)C(C)(CC(OC(=O)C(C)C)C3=CC(=O)OC3)C12. The highest BCUT2D eigenvalue weighted by Crippen LogP contribution is 2.70. The summed E-state index contributed by atoms with van der Waals surface area (Å²) in [4.78, 5) is 63.3. The molecule has 4 rings (SSSR count). The summed E-state index contributed by atoms with van der Waals surface area (Å²) >= 11 is 0. The summed E-state index contributed by atoms with van der Waals surface area (Å²) in [7, 11) is 0. The summed E-state index contributed by atoms with van der Waals surface area (Å²) < 4.78 is 35.7. The highest BCUT2D eigenvalue weighted by atomic mass is 16.6. The van der Waals surface area contributed by atoms with Gasteiger partial charge < -0.3 is 28.4 Å². The van der Waals surface area contributed by atoms with Crippen LogP contribution in [0, 0.1) is 34.5 Å². The van der Waals surface area contributed by atoms with Crippen LogP contribution in [0.25, 0.3) is 0 Å². The van der Waals surface area contributed by atoms with Crippen LogP contribution in [0.1, 0.15) is 87.5 Å². The summed E-state index contributed by atoms with van der Waals surface area (Å²) in [5, 5.41) is 0. The van der Waals surface area contributed by atoms with Crippen molar-refractivity contribution in [3.63, 3.8) is 0 Å². The third-order valence-corrected chi connectivity index (χ3v) is 10.6. The lowest BCUT2D eigenvalue weighted by Crippen LogP contribution is -2.71. The average Bonchev–Trinajstić information content (AvgIpc) is 3.60. The van der Waals surface area contributed by atoms with Gasteiger partial charge in [-0.3, -0.25) is 19.2 Å². The molecule has 1 saturated heterocycles. The van der Waals surface area contributed by atoms with Crippen LogP contribution in [0.15, 0.2) is 11.6 Å². The molecule has 11 nitrogen and oxygen atoms in total. The Labute approximate surface area is 259 Å². The summed E-state index contributed by atoms with van der Waals surface area (Å²) in [5.74, 6) is -3.67. The molecule has 0 aromatic carbocycles. The maximum absolute atomic E-state index is 13.3. The smallest absolute Gasteiger partial charge is 0.331 e. The van der Waals surface area contributed by atoms with Gasteiger partial charge in [-0.05, 0) is 43.4 Å². The molecule has 2 saturated carbocycles. The summed E-state index contributed by atoms with van der Waals surface area (Å²) in [6, 6.07) is 0. The number of carbonyl (C=O) groups is 5. The number of cyclic esters (lactones) is 1. The molecule has 2 heterocycles. The van der Waals surface area contributed by atoms with Gasteiger partial charge in [0.25, 0.3) is 0 Å². The molecule has 3 fully saturated rings. The normalized spacial score (nSPS) is 35.6. The van der Waals surface area contributed by atoms with E-state index in [0.29, 0.717) is 37.9 Å². The van der Waals surface area contributed by atoms with Gasteiger partial charge in [0.15, 0.2) is 0 Å². The molecule has 0 radical (unpaired) electrons. The van der Waals surface area contributed by atoms with Gasteiger partial charge in [0.05, 0.1) is 23.9 Å². The maximum Gasteiger partial charge on any atom is 0.331 e. The lowest BCUT2D eigenvalue weighted by molar-refractivity contribution is -0.260. The molecule has 0 N–H and O–H groups in total. The van der Waals surface area contributed by atoms with E-state index in [1.807, 2.05) is 20.8 Å². The molecule has 2 aliphatic carbocycles. The molecule has 0 aromatic rings. The molecule has 2 aliphatic heterocycles. The first-order valence-electron chi connectivity index (χ1n) is 15.8. The van der Waals surface area contributed by atoms with Gasteiger partial charge in [-0.15, -0.1) is 0 Å². The Hall–Kier alpha value is -2.95. The van der Waals surface area contributed by atoms with E-state index in [2.05, 4.69) is 6.92 Å². The second-order valence-electron chi connectivity index (χ2n) is 13.8. The Morgan fingerprint density at radius 2 is 1.75 bits per heavy atom. The van der Waals surface area contributed by atoms with Crippen molar-refractivity contribution in [3.05, 3.63) is 11.6 Å². The number of hydrogen-bond acceptors (Lipinski definition) is 11. The zero-order valence-electron chi connectivity index (χ0n) is 27.3. The fourth-order valence-electron chi connectivity index (χ4n) is 7.78. The minimum Gasteiger partial charge on any atom is -0.465 e. The number of hydrogen-bond donors (Lipinski definition) is 0. The van der Waals surface area contributed by atoms with Crippen molar-refractivity contribution >= 4 is 29.8 Å². The first-order chi connectivity index (χ1) is 20.6. The van der Waals surface area contributed by atoms with Crippen LogP contribution < -0.4 is 0 Å². The molecule has 4 aliphatic rings.